The van der Waals surface area contributed by atoms with E-state index < -0.39 is 121 Å². The first-order valence-corrected chi connectivity index (χ1v) is 35.2. The van der Waals surface area contributed by atoms with Gasteiger partial charge in [0, 0.05) is 20.8 Å². The summed E-state index contributed by atoms with van der Waals surface area (Å²) in [7, 11) is -11.6. The van der Waals surface area contributed by atoms with Crippen LogP contribution in [0.25, 0.3) is 0 Å². The van der Waals surface area contributed by atoms with Gasteiger partial charge >= 0.3 is 17.9 Å². The molecule has 2 aliphatic rings. The van der Waals surface area contributed by atoms with Crippen LogP contribution in [0.4, 0.5) is 0 Å². The molecule has 0 aromatic heterocycles. The van der Waals surface area contributed by atoms with Crippen molar-refractivity contribution in [3.63, 3.8) is 0 Å². The van der Waals surface area contributed by atoms with E-state index in [2.05, 4.69) is 58.9 Å². The van der Waals surface area contributed by atoms with Crippen molar-refractivity contribution in [2.45, 2.75) is 180 Å². The Bertz CT molecular complexity index is 1190. The number of hydrogen-bond donors (Lipinski definition) is 0. The van der Waals surface area contributed by atoms with Gasteiger partial charge in [-0.2, -0.15) is 0 Å². The zero-order valence-corrected chi connectivity index (χ0v) is 39.9. The number of hydrogen-bond acceptors (Lipinski definition) is 14. The molecule has 10 atom stereocenters. The summed E-state index contributed by atoms with van der Waals surface area (Å²) in [6.07, 6.45) is -8.90. The lowest BCUT2D eigenvalue weighted by atomic mass is 9.97. The summed E-state index contributed by atoms with van der Waals surface area (Å²) < 4.78 is 71.3. The van der Waals surface area contributed by atoms with Crippen LogP contribution in [-0.2, 0) is 64.9 Å². The third kappa shape index (κ3) is 16.9. The van der Waals surface area contributed by atoms with Gasteiger partial charge < -0.3 is 50.6 Å². The largest absolute Gasteiger partial charge is 0.463 e. The summed E-state index contributed by atoms with van der Waals surface area (Å²) in [5.41, 5.74) is 0. The normalized spacial score (nSPS) is 30.8. The molecule has 2 fully saturated rings. The van der Waals surface area contributed by atoms with Crippen molar-refractivity contribution in [1.82, 2.24) is 0 Å². The molecule has 0 amide bonds. The highest BCUT2D eigenvalue weighted by molar-refractivity contribution is 6.71. The third-order valence-electron chi connectivity index (χ3n) is 7.11. The lowest BCUT2D eigenvalue weighted by Crippen LogP contribution is -2.69. The zero-order valence-electron chi connectivity index (χ0n) is 34.9. The molecule has 0 aromatic carbocycles. The van der Waals surface area contributed by atoms with E-state index in [0.29, 0.717) is 0 Å². The molecule has 2 aliphatic heterocycles. The number of carbonyl (C=O) groups excluding carboxylic acids is 3. The van der Waals surface area contributed by atoms with E-state index >= 15 is 0 Å². The van der Waals surface area contributed by atoms with Gasteiger partial charge in [0.15, 0.2) is 47.9 Å². The van der Waals surface area contributed by atoms with Crippen LogP contribution < -0.4 is 0 Å². The Hall–Kier alpha value is -0.826. The molecule has 14 nitrogen and oxygen atoms in total. The molecule has 2 saturated heterocycles. The Morgan fingerprint density at radius 1 is 0.423 bits per heavy atom. The molecule has 2 rings (SSSR count). The lowest BCUT2D eigenvalue weighted by Gasteiger charge is -2.53. The maximum absolute atomic E-state index is 12.4. The minimum Gasteiger partial charge on any atom is -0.463 e. The van der Waals surface area contributed by atoms with Crippen LogP contribution in [-0.4, -0.2) is 134 Å². The smallest absolute Gasteiger partial charge is 0.305 e. The summed E-state index contributed by atoms with van der Waals surface area (Å²) in [5, 5.41) is 0. The standard InChI is InChI=1S/C33H68O14Si5/c1-21(34)37-19-24-26(28(44-49(7,8)9)30(46-51(13,14)15)32(40-24)39-23(3)36)42-33-31(47-52(16,17)18)29(45-50(10,11)12)27(43-48(4,5)6)25(41-33)20-38-22(2)35/h24-33H,19-20H2,1-18H3/t24?,25?,26-,27+,28?,29?,30?,31?,32?,33+/m1/s1. The number of ether oxygens (including phenoxy) is 6. The van der Waals surface area contributed by atoms with E-state index in [4.69, 9.17) is 50.6 Å². The molecule has 7 unspecified atom stereocenters. The topological polar surface area (TPSA) is 153 Å². The first-order valence-electron chi connectivity index (χ1n) is 18.1. The van der Waals surface area contributed by atoms with Crippen LogP contribution in [0.2, 0.25) is 98.2 Å². The predicted octanol–water partition coefficient (Wildman–Crippen LogP) is 5.61. The molecule has 2 heterocycles. The van der Waals surface area contributed by atoms with Gasteiger partial charge in [-0.05, 0) is 98.2 Å². The Labute approximate surface area is 317 Å². The SMILES string of the molecule is CC(=O)OCC1OC(OC(C)=O)C(O[Si](C)(C)C)C(O[Si](C)(C)C)[C@@H]1O[C@@H]1OC(COC(C)=O)[C@H](O[Si](C)(C)C)C(O[Si](C)(C)C)C1O[Si](C)(C)C. The van der Waals surface area contributed by atoms with E-state index in [1.165, 1.54) is 20.8 Å². The highest BCUT2D eigenvalue weighted by Crippen LogP contribution is 2.39. The maximum atomic E-state index is 12.4. The Balaban J connectivity index is 2.87. The Morgan fingerprint density at radius 2 is 0.731 bits per heavy atom. The average molecular weight is 829 g/mol. The molecule has 0 bridgehead atoms. The van der Waals surface area contributed by atoms with Gasteiger partial charge in [0.05, 0.1) is 0 Å². The summed E-state index contributed by atoms with van der Waals surface area (Å²) in [5.74, 6) is -1.57. The van der Waals surface area contributed by atoms with Crippen molar-refractivity contribution in [3.05, 3.63) is 0 Å². The monoisotopic (exact) mass is 828 g/mol. The van der Waals surface area contributed by atoms with Gasteiger partial charge in [0.25, 0.3) is 0 Å². The molecule has 52 heavy (non-hydrogen) atoms. The van der Waals surface area contributed by atoms with Crippen LogP contribution >= 0.6 is 0 Å². The summed E-state index contributed by atoms with van der Waals surface area (Å²) in [6.45, 7) is 34.5. The lowest BCUT2D eigenvalue weighted by molar-refractivity contribution is -0.348. The van der Waals surface area contributed by atoms with Crippen LogP contribution in [0.1, 0.15) is 20.8 Å². The minimum atomic E-state index is -2.40. The van der Waals surface area contributed by atoms with Gasteiger partial charge in [-0.3, -0.25) is 14.4 Å². The first-order chi connectivity index (χ1) is 23.3. The summed E-state index contributed by atoms with van der Waals surface area (Å²) in [4.78, 5) is 36.7. The Kier molecular flexibility index (Phi) is 16.8. The molecule has 19 heteroatoms. The molecule has 0 saturated carbocycles. The van der Waals surface area contributed by atoms with Crippen LogP contribution in [0.15, 0.2) is 0 Å². The van der Waals surface area contributed by atoms with Gasteiger partial charge in [-0.25, -0.2) is 0 Å². The van der Waals surface area contributed by atoms with Crippen LogP contribution in [0, 0.1) is 0 Å². The maximum Gasteiger partial charge on any atom is 0.305 e. The van der Waals surface area contributed by atoms with Crippen molar-refractivity contribution in [2.75, 3.05) is 13.2 Å². The molecular weight excluding hydrogens is 761 g/mol. The molecule has 0 aliphatic carbocycles. The van der Waals surface area contributed by atoms with Gasteiger partial charge in [0.2, 0.25) is 6.29 Å². The number of carbonyl (C=O) groups is 3. The van der Waals surface area contributed by atoms with Crippen molar-refractivity contribution < 1.29 is 64.9 Å². The van der Waals surface area contributed by atoms with Gasteiger partial charge in [-0.1, -0.05) is 0 Å². The second kappa shape index (κ2) is 18.4. The fourth-order valence-electron chi connectivity index (χ4n) is 5.81. The molecule has 0 N–H and O–H groups in total. The fraction of sp³-hybridized carbons (Fsp3) is 0.909. The third-order valence-corrected chi connectivity index (χ3v) is 12.0. The van der Waals surface area contributed by atoms with Crippen molar-refractivity contribution in [1.29, 1.82) is 0 Å². The van der Waals surface area contributed by atoms with Crippen molar-refractivity contribution in [2.24, 2.45) is 0 Å². The van der Waals surface area contributed by atoms with Gasteiger partial charge in [-0.15, -0.1) is 0 Å². The highest BCUT2D eigenvalue weighted by atomic mass is 28.4. The molecule has 0 aromatic rings. The molecule has 0 spiro atoms. The van der Waals surface area contributed by atoms with E-state index in [9.17, 15) is 14.4 Å². The number of esters is 3. The number of rotatable bonds is 17. The summed E-state index contributed by atoms with van der Waals surface area (Å²) >= 11 is 0. The first kappa shape index (κ1) is 47.3. The Morgan fingerprint density at radius 3 is 1.10 bits per heavy atom. The second-order valence-electron chi connectivity index (χ2n) is 18.4. The molecule has 0 radical (unpaired) electrons. The zero-order chi connectivity index (χ0) is 40.2. The van der Waals surface area contributed by atoms with E-state index in [0.717, 1.165) is 0 Å². The fourth-order valence-corrected chi connectivity index (χ4v) is 11.2. The second-order valence-corrected chi connectivity index (χ2v) is 40.7. The quantitative estimate of drug-likeness (QED) is 0.101. The van der Waals surface area contributed by atoms with Crippen molar-refractivity contribution in [3.8, 4) is 0 Å². The van der Waals surface area contributed by atoms with Gasteiger partial charge in [0.1, 0.15) is 62.0 Å². The summed E-state index contributed by atoms with van der Waals surface area (Å²) in [6, 6.07) is 0. The van der Waals surface area contributed by atoms with Crippen LogP contribution in [0.3, 0.4) is 0 Å². The van der Waals surface area contributed by atoms with E-state index in [1.54, 1.807) is 0 Å². The molecule has 304 valence electrons. The van der Waals surface area contributed by atoms with Crippen molar-refractivity contribution >= 4 is 59.5 Å². The van der Waals surface area contributed by atoms with E-state index in [-0.39, 0.29) is 13.2 Å². The van der Waals surface area contributed by atoms with E-state index in [1.807, 2.05) is 39.3 Å². The average Bonchev–Trinajstić information content (AvgIpc) is 2.89. The minimum absolute atomic E-state index is 0.113. The predicted molar refractivity (Wildman–Crippen MR) is 208 cm³/mol. The highest BCUT2D eigenvalue weighted by Gasteiger charge is 2.57. The molecular formula is C33H68O14Si5. The van der Waals surface area contributed by atoms with Crippen LogP contribution in [0.5, 0.6) is 0 Å².